The van der Waals surface area contributed by atoms with Gasteiger partial charge in [0, 0.05) is 18.9 Å². The molecule has 0 bridgehead atoms. The molecule has 0 radical (unpaired) electrons. The van der Waals surface area contributed by atoms with Crippen LogP contribution in [0.5, 0.6) is 0 Å². The van der Waals surface area contributed by atoms with Gasteiger partial charge in [-0.2, -0.15) is 0 Å². The van der Waals surface area contributed by atoms with Crippen molar-refractivity contribution in [1.82, 2.24) is 9.55 Å². The predicted octanol–water partition coefficient (Wildman–Crippen LogP) is 1.51. The van der Waals surface area contributed by atoms with Crippen LogP contribution in [0.25, 0.3) is 0 Å². The number of aliphatic hydroxyl groups excluding tert-OH is 1. The van der Waals surface area contributed by atoms with Crippen LogP contribution >= 0.6 is 0 Å². The van der Waals surface area contributed by atoms with Crippen LogP contribution in [-0.2, 0) is 6.54 Å². The lowest BCUT2D eigenvalue weighted by Gasteiger charge is -2.09. The Morgan fingerprint density at radius 3 is 3.17 bits per heavy atom. The first kappa shape index (κ1) is 9.00. The van der Waals surface area contributed by atoms with Gasteiger partial charge in [0.15, 0.2) is 0 Å². The zero-order chi connectivity index (χ0) is 8.97. The van der Waals surface area contributed by atoms with Gasteiger partial charge in [-0.05, 0) is 13.3 Å². The molecule has 0 amide bonds. The molecule has 1 aromatic heterocycles. The van der Waals surface area contributed by atoms with E-state index < -0.39 is 6.10 Å². The summed E-state index contributed by atoms with van der Waals surface area (Å²) in [5.41, 5.74) is 0. The third kappa shape index (κ3) is 1.74. The molecule has 0 aliphatic heterocycles. The van der Waals surface area contributed by atoms with Crippen LogP contribution in [0.4, 0.5) is 0 Å². The summed E-state index contributed by atoms with van der Waals surface area (Å²) in [4.78, 5) is 4.07. The normalized spacial score (nSPS) is 12.8. The summed E-state index contributed by atoms with van der Waals surface area (Å²) < 4.78 is 1.92. The molecule has 1 N–H and O–H groups in total. The van der Waals surface area contributed by atoms with Crippen molar-refractivity contribution in [2.24, 2.45) is 0 Å². The Kier molecular flexibility index (Phi) is 3.05. The summed E-state index contributed by atoms with van der Waals surface area (Å²) in [6, 6.07) is 0. The number of rotatable bonds is 4. The van der Waals surface area contributed by atoms with Crippen molar-refractivity contribution in [2.75, 3.05) is 0 Å². The van der Waals surface area contributed by atoms with E-state index in [4.69, 9.17) is 0 Å². The van der Waals surface area contributed by atoms with Crippen molar-refractivity contribution >= 4 is 0 Å². The van der Waals surface area contributed by atoms with Crippen LogP contribution in [0.1, 0.15) is 25.3 Å². The molecule has 3 heteroatoms. The highest BCUT2D eigenvalue weighted by atomic mass is 16.3. The highest BCUT2D eigenvalue weighted by Crippen LogP contribution is 2.14. The summed E-state index contributed by atoms with van der Waals surface area (Å²) in [6.07, 6.45) is 5.29. The van der Waals surface area contributed by atoms with E-state index in [-0.39, 0.29) is 0 Å². The lowest BCUT2D eigenvalue weighted by molar-refractivity contribution is 0.167. The minimum Gasteiger partial charge on any atom is -0.385 e. The molecule has 0 fully saturated rings. The molecule has 66 valence electrons. The van der Waals surface area contributed by atoms with Crippen LogP contribution < -0.4 is 0 Å². The number of hydrogen-bond acceptors (Lipinski definition) is 2. The molecule has 3 nitrogen and oxygen atoms in total. The molecular weight excluding hydrogens is 152 g/mol. The third-order valence-corrected chi connectivity index (χ3v) is 1.78. The first-order valence-electron chi connectivity index (χ1n) is 4.09. The van der Waals surface area contributed by atoms with Gasteiger partial charge in [0.1, 0.15) is 11.9 Å². The Hall–Kier alpha value is -1.09. The molecule has 0 aromatic carbocycles. The third-order valence-electron chi connectivity index (χ3n) is 1.78. The van der Waals surface area contributed by atoms with E-state index in [0.717, 1.165) is 12.4 Å². The van der Waals surface area contributed by atoms with E-state index in [0.29, 0.717) is 6.42 Å². The van der Waals surface area contributed by atoms with Gasteiger partial charge in [-0.25, -0.2) is 4.98 Å². The number of nitrogens with zero attached hydrogens (tertiary/aromatic N) is 2. The highest BCUT2D eigenvalue weighted by Gasteiger charge is 2.10. The van der Waals surface area contributed by atoms with Crippen LogP contribution in [0.3, 0.4) is 0 Å². The average Bonchev–Trinajstić information content (AvgIpc) is 2.51. The maximum Gasteiger partial charge on any atom is 0.137 e. The first-order valence-corrected chi connectivity index (χ1v) is 4.09. The van der Waals surface area contributed by atoms with Gasteiger partial charge in [0.05, 0.1) is 0 Å². The number of aliphatic hydroxyl groups is 1. The number of imidazole rings is 1. The average molecular weight is 166 g/mol. The van der Waals surface area contributed by atoms with Crippen LogP contribution in [0.2, 0.25) is 0 Å². The van der Waals surface area contributed by atoms with Gasteiger partial charge < -0.3 is 9.67 Å². The fourth-order valence-electron chi connectivity index (χ4n) is 1.15. The first-order chi connectivity index (χ1) is 5.79. The number of aryl methyl sites for hydroxylation is 1. The van der Waals surface area contributed by atoms with Gasteiger partial charge >= 0.3 is 0 Å². The number of hydrogen-bond donors (Lipinski definition) is 1. The van der Waals surface area contributed by atoms with Crippen molar-refractivity contribution in [3.8, 4) is 0 Å². The fourth-order valence-corrected chi connectivity index (χ4v) is 1.15. The zero-order valence-corrected chi connectivity index (χ0v) is 7.27. The van der Waals surface area contributed by atoms with Crippen LogP contribution in [-0.4, -0.2) is 14.7 Å². The quantitative estimate of drug-likeness (QED) is 0.688. The molecule has 1 heterocycles. The van der Waals surface area contributed by atoms with Gasteiger partial charge in [-0.15, -0.1) is 6.58 Å². The summed E-state index contributed by atoms with van der Waals surface area (Å²) in [5, 5.41) is 9.57. The van der Waals surface area contributed by atoms with E-state index in [1.807, 2.05) is 17.7 Å². The van der Waals surface area contributed by atoms with Gasteiger partial charge in [0.25, 0.3) is 0 Å². The van der Waals surface area contributed by atoms with E-state index in [1.165, 1.54) is 0 Å². The molecule has 1 aromatic rings. The molecule has 0 aliphatic carbocycles. The highest BCUT2D eigenvalue weighted by molar-refractivity contribution is 4.98. The van der Waals surface area contributed by atoms with Crippen molar-refractivity contribution in [3.63, 3.8) is 0 Å². The van der Waals surface area contributed by atoms with Crippen LogP contribution in [0, 0.1) is 0 Å². The molecule has 0 saturated heterocycles. The second-order valence-corrected chi connectivity index (χ2v) is 2.61. The van der Waals surface area contributed by atoms with Gasteiger partial charge in [0.2, 0.25) is 0 Å². The zero-order valence-electron chi connectivity index (χ0n) is 7.27. The lowest BCUT2D eigenvalue weighted by Crippen LogP contribution is -2.06. The predicted molar refractivity (Wildman–Crippen MR) is 47.7 cm³/mol. The maximum atomic E-state index is 9.57. The van der Waals surface area contributed by atoms with Crippen LogP contribution in [0.15, 0.2) is 25.0 Å². The summed E-state index contributed by atoms with van der Waals surface area (Å²) in [5.74, 6) is 0.720. The second-order valence-electron chi connectivity index (χ2n) is 2.61. The Bertz CT molecular complexity index is 255. The van der Waals surface area contributed by atoms with E-state index in [1.54, 1.807) is 12.3 Å². The van der Waals surface area contributed by atoms with Gasteiger partial charge in [-0.1, -0.05) is 6.08 Å². The van der Waals surface area contributed by atoms with E-state index >= 15 is 0 Å². The van der Waals surface area contributed by atoms with Crippen molar-refractivity contribution in [2.45, 2.75) is 26.0 Å². The van der Waals surface area contributed by atoms with Crippen molar-refractivity contribution in [1.29, 1.82) is 0 Å². The Morgan fingerprint density at radius 2 is 2.58 bits per heavy atom. The van der Waals surface area contributed by atoms with E-state index in [2.05, 4.69) is 11.6 Å². The minimum atomic E-state index is -0.516. The summed E-state index contributed by atoms with van der Waals surface area (Å²) >= 11 is 0. The lowest BCUT2D eigenvalue weighted by atomic mass is 10.2. The Balaban J connectivity index is 2.78. The largest absolute Gasteiger partial charge is 0.385 e. The summed E-state index contributed by atoms with van der Waals surface area (Å²) in [7, 11) is 0. The maximum absolute atomic E-state index is 9.57. The Labute approximate surface area is 72.4 Å². The second kappa shape index (κ2) is 4.07. The minimum absolute atomic E-state index is 0.516. The van der Waals surface area contributed by atoms with Crippen molar-refractivity contribution in [3.05, 3.63) is 30.9 Å². The molecule has 0 spiro atoms. The molecule has 12 heavy (non-hydrogen) atoms. The van der Waals surface area contributed by atoms with Gasteiger partial charge in [-0.3, -0.25) is 0 Å². The fraction of sp³-hybridized carbons (Fsp3) is 0.444. The SMILES string of the molecule is C=CCC(O)c1nccn1CC. The molecule has 1 rings (SSSR count). The standard InChI is InChI=1S/C9H14N2O/c1-3-5-8(12)9-10-6-7-11(9)4-2/h3,6-8,12H,1,4-5H2,2H3. The smallest absolute Gasteiger partial charge is 0.137 e. The summed E-state index contributed by atoms with van der Waals surface area (Å²) in [6.45, 7) is 6.43. The van der Waals surface area contributed by atoms with Crippen molar-refractivity contribution < 1.29 is 5.11 Å². The molecule has 0 aliphatic rings. The molecular formula is C9H14N2O. The van der Waals surface area contributed by atoms with E-state index in [9.17, 15) is 5.11 Å². The molecule has 1 atom stereocenters. The molecule has 1 unspecified atom stereocenters. The number of aromatic nitrogens is 2. The Morgan fingerprint density at radius 1 is 1.83 bits per heavy atom. The molecule has 0 saturated carbocycles. The topological polar surface area (TPSA) is 38.1 Å². The monoisotopic (exact) mass is 166 g/mol.